The van der Waals surface area contributed by atoms with Crippen molar-refractivity contribution in [1.82, 2.24) is 5.16 Å². The fourth-order valence-electron chi connectivity index (χ4n) is 2.15. The Kier molecular flexibility index (Phi) is 3.26. The van der Waals surface area contributed by atoms with E-state index < -0.39 is 12.1 Å². The van der Waals surface area contributed by atoms with Gasteiger partial charge in [0, 0.05) is 6.07 Å². The Labute approximate surface area is 116 Å². The van der Waals surface area contributed by atoms with Gasteiger partial charge in [0.2, 0.25) is 5.91 Å². The molecule has 0 saturated heterocycles. The van der Waals surface area contributed by atoms with Crippen LogP contribution in [0.4, 0.5) is 10.2 Å². The van der Waals surface area contributed by atoms with Gasteiger partial charge < -0.3 is 9.84 Å². The Morgan fingerprint density at radius 1 is 1.35 bits per heavy atom. The molecule has 1 N–H and O–H groups in total. The number of hydrogen-bond donors (Lipinski definition) is 1. The summed E-state index contributed by atoms with van der Waals surface area (Å²) in [6.45, 7) is -0.445. The lowest BCUT2D eigenvalue weighted by Gasteiger charge is -2.03. The van der Waals surface area contributed by atoms with Gasteiger partial charge in [-0.15, -0.1) is 0 Å². The molecule has 20 heavy (non-hydrogen) atoms. The Balaban J connectivity index is 1.62. The lowest BCUT2D eigenvalue weighted by Crippen LogP contribution is -2.14. The van der Waals surface area contributed by atoms with E-state index >= 15 is 0 Å². The van der Waals surface area contributed by atoms with Crippen molar-refractivity contribution in [3.63, 3.8) is 0 Å². The molecule has 1 aromatic carbocycles. The largest absolute Gasteiger partial charge is 0.359 e. The van der Waals surface area contributed by atoms with Crippen LogP contribution >= 0.6 is 0 Å². The highest BCUT2D eigenvalue weighted by atomic mass is 19.1. The van der Waals surface area contributed by atoms with Crippen molar-refractivity contribution in [2.75, 3.05) is 12.0 Å². The summed E-state index contributed by atoms with van der Waals surface area (Å²) < 4.78 is 18.0. The molecule has 1 aromatic heterocycles. The van der Waals surface area contributed by atoms with E-state index in [4.69, 9.17) is 4.52 Å². The molecule has 0 unspecified atom stereocenters. The highest BCUT2D eigenvalue weighted by Crippen LogP contribution is 2.48. The molecule has 1 amide bonds. The molecule has 0 spiro atoms. The van der Waals surface area contributed by atoms with Gasteiger partial charge in [-0.2, -0.15) is 0 Å². The lowest BCUT2D eigenvalue weighted by atomic mass is 10.1. The molecule has 1 fully saturated rings. The number of benzene rings is 1. The number of carbonyl (C=O) groups excluding carboxylic acids is 1. The molecule has 0 atom stereocenters. The summed E-state index contributed by atoms with van der Waals surface area (Å²) in [5, 5.41) is 6.45. The number of nitrogens with zero attached hydrogens (tertiary/aromatic N) is 1. The van der Waals surface area contributed by atoms with Crippen LogP contribution in [0.15, 0.2) is 40.9 Å². The first-order valence-corrected chi connectivity index (χ1v) is 6.59. The summed E-state index contributed by atoms with van der Waals surface area (Å²) in [4.78, 5) is 11.9. The highest BCUT2D eigenvalue weighted by molar-refractivity contribution is 5.91. The molecule has 1 aliphatic carbocycles. The van der Waals surface area contributed by atoms with E-state index in [-0.39, 0.29) is 12.3 Å². The quantitative estimate of drug-likeness (QED) is 0.912. The molecule has 104 valence electrons. The van der Waals surface area contributed by atoms with Gasteiger partial charge in [-0.05, 0) is 18.4 Å². The van der Waals surface area contributed by atoms with Crippen LogP contribution in [0.5, 0.6) is 0 Å². The number of carbonyl (C=O) groups is 1. The molecule has 1 aliphatic rings. The minimum Gasteiger partial charge on any atom is -0.359 e. The summed E-state index contributed by atoms with van der Waals surface area (Å²) >= 11 is 0. The maximum absolute atomic E-state index is 12.9. The van der Waals surface area contributed by atoms with Crippen LogP contribution in [0.3, 0.4) is 0 Å². The van der Waals surface area contributed by atoms with Crippen molar-refractivity contribution in [3.8, 4) is 0 Å². The van der Waals surface area contributed by atoms with Gasteiger partial charge in [0.25, 0.3) is 0 Å². The molecule has 5 heteroatoms. The van der Waals surface area contributed by atoms with Gasteiger partial charge in [0.15, 0.2) is 5.82 Å². The number of aromatic nitrogens is 1. The SMILES string of the molecule is O=C(Cc1ccccc1)Nc1cc(C2(CF)CC2)on1. The minimum atomic E-state index is -0.491. The molecule has 0 bridgehead atoms. The number of amides is 1. The summed E-state index contributed by atoms with van der Waals surface area (Å²) in [7, 11) is 0. The number of alkyl halides is 1. The monoisotopic (exact) mass is 274 g/mol. The maximum Gasteiger partial charge on any atom is 0.230 e. The predicted molar refractivity (Wildman–Crippen MR) is 72.2 cm³/mol. The average Bonchev–Trinajstić information content (AvgIpc) is 3.13. The summed E-state index contributed by atoms with van der Waals surface area (Å²) in [5.74, 6) is 0.705. The van der Waals surface area contributed by atoms with Gasteiger partial charge in [-0.25, -0.2) is 4.39 Å². The van der Waals surface area contributed by atoms with Crippen LogP contribution in [0, 0.1) is 0 Å². The topological polar surface area (TPSA) is 55.1 Å². The minimum absolute atomic E-state index is 0.166. The van der Waals surface area contributed by atoms with Crippen LogP contribution in [-0.2, 0) is 16.6 Å². The normalized spacial score (nSPS) is 15.8. The first kappa shape index (κ1) is 12.8. The number of rotatable bonds is 5. The second kappa shape index (κ2) is 5.07. The van der Waals surface area contributed by atoms with Crippen molar-refractivity contribution >= 4 is 11.7 Å². The van der Waals surface area contributed by atoms with Crippen molar-refractivity contribution in [1.29, 1.82) is 0 Å². The number of nitrogens with one attached hydrogen (secondary N) is 1. The molecule has 0 radical (unpaired) electrons. The van der Waals surface area contributed by atoms with Crippen LogP contribution in [0.2, 0.25) is 0 Å². The molecule has 3 rings (SSSR count). The summed E-state index contributed by atoms with van der Waals surface area (Å²) in [6, 6.07) is 11.1. The van der Waals surface area contributed by atoms with E-state index in [1.165, 1.54) is 0 Å². The number of anilines is 1. The zero-order chi connectivity index (χ0) is 14.0. The van der Waals surface area contributed by atoms with Crippen LogP contribution < -0.4 is 5.32 Å². The summed E-state index contributed by atoms with van der Waals surface area (Å²) in [6.07, 6.45) is 1.82. The van der Waals surface area contributed by atoms with E-state index in [0.717, 1.165) is 18.4 Å². The van der Waals surface area contributed by atoms with Gasteiger partial charge in [0.05, 0.1) is 11.8 Å². The fourth-order valence-corrected chi connectivity index (χ4v) is 2.15. The average molecular weight is 274 g/mol. The third-order valence-electron chi connectivity index (χ3n) is 3.62. The first-order chi connectivity index (χ1) is 9.72. The Bertz CT molecular complexity index is 605. The highest BCUT2D eigenvalue weighted by Gasteiger charge is 2.48. The number of halogens is 1. The zero-order valence-electron chi connectivity index (χ0n) is 10.9. The fraction of sp³-hybridized carbons (Fsp3) is 0.333. The Morgan fingerprint density at radius 3 is 2.75 bits per heavy atom. The second-order valence-electron chi connectivity index (χ2n) is 5.20. The van der Waals surface area contributed by atoms with Gasteiger partial charge >= 0.3 is 0 Å². The molecule has 1 saturated carbocycles. The third-order valence-corrected chi connectivity index (χ3v) is 3.62. The zero-order valence-corrected chi connectivity index (χ0v) is 10.9. The van der Waals surface area contributed by atoms with Crippen LogP contribution in [0.25, 0.3) is 0 Å². The van der Waals surface area contributed by atoms with Crippen molar-refractivity contribution in [2.45, 2.75) is 24.7 Å². The predicted octanol–water partition coefficient (Wildman–Crippen LogP) is 2.86. The molecular formula is C15H15FN2O2. The van der Waals surface area contributed by atoms with Gasteiger partial charge in [0.1, 0.15) is 12.4 Å². The van der Waals surface area contributed by atoms with Crippen molar-refractivity contribution < 1.29 is 13.7 Å². The van der Waals surface area contributed by atoms with E-state index in [2.05, 4.69) is 10.5 Å². The van der Waals surface area contributed by atoms with Gasteiger partial charge in [-0.3, -0.25) is 4.79 Å². The van der Waals surface area contributed by atoms with E-state index in [1.54, 1.807) is 6.07 Å². The first-order valence-electron chi connectivity index (χ1n) is 6.59. The van der Waals surface area contributed by atoms with Gasteiger partial charge in [-0.1, -0.05) is 35.5 Å². The Morgan fingerprint density at radius 2 is 2.10 bits per heavy atom. The van der Waals surface area contributed by atoms with Crippen molar-refractivity contribution in [3.05, 3.63) is 47.7 Å². The maximum atomic E-state index is 12.9. The molecule has 2 aromatic rings. The van der Waals surface area contributed by atoms with Crippen LogP contribution in [-0.4, -0.2) is 17.7 Å². The molecule has 1 heterocycles. The molecule has 4 nitrogen and oxygen atoms in total. The van der Waals surface area contributed by atoms with E-state index in [9.17, 15) is 9.18 Å². The lowest BCUT2D eigenvalue weighted by molar-refractivity contribution is -0.115. The molecule has 0 aliphatic heterocycles. The van der Waals surface area contributed by atoms with E-state index in [1.807, 2.05) is 30.3 Å². The Hall–Kier alpha value is -2.17. The second-order valence-corrected chi connectivity index (χ2v) is 5.20. The number of hydrogen-bond acceptors (Lipinski definition) is 3. The molecular weight excluding hydrogens is 259 g/mol. The van der Waals surface area contributed by atoms with Crippen molar-refractivity contribution in [2.24, 2.45) is 0 Å². The van der Waals surface area contributed by atoms with E-state index in [0.29, 0.717) is 11.6 Å². The smallest absolute Gasteiger partial charge is 0.230 e. The van der Waals surface area contributed by atoms with Crippen LogP contribution in [0.1, 0.15) is 24.2 Å². The summed E-state index contributed by atoms with van der Waals surface area (Å²) in [5.41, 5.74) is 0.436. The third kappa shape index (κ3) is 2.57. The standard InChI is InChI=1S/C15H15FN2O2/c16-10-15(6-7-15)12-9-13(18-20-12)17-14(19)8-11-4-2-1-3-5-11/h1-5,9H,6-8,10H2,(H,17,18,19).